The number of carbonyl (C=O) groups is 1. The number of sulfone groups is 1. The second-order valence-electron chi connectivity index (χ2n) is 11.1. The molecule has 3 fully saturated rings. The second kappa shape index (κ2) is 11.8. The Morgan fingerprint density at radius 1 is 0.825 bits per heavy atom. The van der Waals surface area contributed by atoms with Crippen molar-refractivity contribution in [3.63, 3.8) is 0 Å². The highest BCUT2D eigenvalue weighted by Gasteiger charge is 2.49. The van der Waals surface area contributed by atoms with Gasteiger partial charge in [-0.2, -0.15) is 4.99 Å². The first-order valence-electron chi connectivity index (χ1n) is 14.1. The summed E-state index contributed by atoms with van der Waals surface area (Å²) in [5.41, 5.74) is 4.60. The normalized spacial score (nSPS) is 23.4. The summed E-state index contributed by atoms with van der Waals surface area (Å²) in [5, 5.41) is 0.520. The zero-order chi connectivity index (χ0) is 27.5. The van der Waals surface area contributed by atoms with Gasteiger partial charge in [-0.25, -0.2) is 8.42 Å². The quantitative estimate of drug-likeness (QED) is 0.378. The number of thioether (sulfide) groups is 1. The first kappa shape index (κ1) is 27.1. The van der Waals surface area contributed by atoms with Gasteiger partial charge in [0.2, 0.25) is 5.91 Å². The van der Waals surface area contributed by atoms with E-state index >= 15 is 0 Å². The monoisotopic (exact) mass is 573 g/mol. The lowest BCUT2D eigenvalue weighted by atomic mass is 9.90. The SMILES string of the molecule is O=C(CCc1ccccc1)N=C1S[C@H]2CS(=O)(=O)C[C@H]2N1c1ccc(N2CCC(Cc3ccccc3)CC2)cc1. The van der Waals surface area contributed by atoms with Gasteiger partial charge in [-0.05, 0) is 67.0 Å². The minimum absolute atomic E-state index is 0.0958. The molecule has 3 aliphatic rings. The minimum atomic E-state index is -3.11. The summed E-state index contributed by atoms with van der Waals surface area (Å²) in [7, 11) is -3.11. The van der Waals surface area contributed by atoms with Gasteiger partial charge in [0, 0.05) is 36.1 Å². The number of aliphatic imine (C=N–C) groups is 1. The molecule has 0 spiro atoms. The summed E-state index contributed by atoms with van der Waals surface area (Å²) in [5.74, 6) is 0.762. The van der Waals surface area contributed by atoms with E-state index < -0.39 is 9.84 Å². The number of hydrogen-bond acceptors (Lipinski definition) is 5. The number of hydrogen-bond donors (Lipinski definition) is 0. The van der Waals surface area contributed by atoms with E-state index in [4.69, 9.17) is 0 Å². The molecule has 0 N–H and O–H groups in total. The lowest BCUT2D eigenvalue weighted by Crippen LogP contribution is -2.38. The van der Waals surface area contributed by atoms with Crippen LogP contribution in [0.1, 0.15) is 30.4 Å². The van der Waals surface area contributed by atoms with E-state index in [1.165, 1.54) is 35.9 Å². The van der Waals surface area contributed by atoms with Gasteiger partial charge in [0.05, 0.1) is 17.5 Å². The minimum Gasteiger partial charge on any atom is -0.372 e. The van der Waals surface area contributed by atoms with Crippen molar-refractivity contribution in [2.75, 3.05) is 34.4 Å². The summed E-state index contributed by atoms with van der Waals surface area (Å²) in [6, 6.07) is 28.8. The Labute approximate surface area is 241 Å². The predicted octanol–water partition coefficient (Wildman–Crippen LogP) is 5.38. The molecule has 40 heavy (non-hydrogen) atoms. The van der Waals surface area contributed by atoms with E-state index in [1.54, 1.807) is 0 Å². The summed E-state index contributed by atoms with van der Waals surface area (Å²) in [6.45, 7) is 2.06. The first-order valence-corrected chi connectivity index (χ1v) is 16.8. The molecule has 0 bridgehead atoms. The van der Waals surface area contributed by atoms with Gasteiger partial charge < -0.3 is 9.80 Å². The third kappa shape index (κ3) is 6.28. The molecular weight excluding hydrogens is 539 g/mol. The highest BCUT2D eigenvalue weighted by Crippen LogP contribution is 2.41. The number of anilines is 2. The molecule has 8 heteroatoms. The lowest BCUT2D eigenvalue weighted by molar-refractivity contribution is -0.117. The van der Waals surface area contributed by atoms with Crippen LogP contribution in [0, 0.1) is 5.92 Å². The molecule has 3 saturated heterocycles. The Bertz CT molecular complexity index is 1450. The fourth-order valence-corrected chi connectivity index (χ4v) is 10.0. The number of benzene rings is 3. The van der Waals surface area contributed by atoms with Crippen LogP contribution in [0.3, 0.4) is 0 Å². The Kier molecular flexibility index (Phi) is 7.98. The molecule has 3 heterocycles. The predicted molar refractivity (Wildman–Crippen MR) is 165 cm³/mol. The van der Waals surface area contributed by atoms with Crippen LogP contribution in [0.4, 0.5) is 11.4 Å². The van der Waals surface area contributed by atoms with Crippen LogP contribution in [0.15, 0.2) is 89.9 Å². The molecule has 6 rings (SSSR count). The van der Waals surface area contributed by atoms with Crippen molar-refractivity contribution in [2.45, 2.75) is 43.4 Å². The standard InChI is InChI=1S/C32H35N3O3S2/c36-31(16-11-24-7-3-1-4-8-24)33-32-35(29-22-40(37,38)23-30(29)39-32)28-14-12-27(13-15-28)34-19-17-26(18-20-34)21-25-9-5-2-6-10-25/h1-10,12-15,26,29-30H,11,16-23H2/t29-,30+/m1/s1. The maximum Gasteiger partial charge on any atom is 0.248 e. The van der Waals surface area contributed by atoms with Crippen LogP contribution in [0.25, 0.3) is 0 Å². The average Bonchev–Trinajstić information content (AvgIpc) is 3.44. The van der Waals surface area contributed by atoms with Gasteiger partial charge in [0.25, 0.3) is 0 Å². The van der Waals surface area contributed by atoms with Crippen LogP contribution in [-0.2, 0) is 27.5 Å². The van der Waals surface area contributed by atoms with Crippen molar-refractivity contribution >= 4 is 44.0 Å². The Balaban J connectivity index is 1.14. The number of amidine groups is 1. The van der Waals surface area contributed by atoms with Crippen molar-refractivity contribution in [3.8, 4) is 0 Å². The molecule has 0 aromatic heterocycles. The molecule has 208 valence electrons. The van der Waals surface area contributed by atoms with Crippen LogP contribution in [0.2, 0.25) is 0 Å². The molecule has 0 saturated carbocycles. The lowest BCUT2D eigenvalue weighted by Gasteiger charge is -2.34. The fraction of sp³-hybridized carbons (Fsp3) is 0.375. The highest BCUT2D eigenvalue weighted by atomic mass is 32.2. The molecule has 6 nitrogen and oxygen atoms in total. The van der Waals surface area contributed by atoms with Gasteiger partial charge in [0.15, 0.2) is 15.0 Å². The zero-order valence-corrected chi connectivity index (χ0v) is 24.2. The molecule has 1 amide bonds. The van der Waals surface area contributed by atoms with Crippen molar-refractivity contribution in [1.82, 2.24) is 0 Å². The second-order valence-corrected chi connectivity index (χ2v) is 14.4. The van der Waals surface area contributed by atoms with Crippen LogP contribution in [-0.4, -0.2) is 55.4 Å². The number of piperidine rings is 1. The van der Waals surface area contributed by atoms with E-state index in [0.717, 1.165) is 30.8 Å². The van der Waals surface area contributed by atoms with Gasteiger partial charge in [-0.3, -0.25) is 4.79 Å². The van der Waals surface area contributed by atoms with E-state index in [1.807, 2.05) is 35.2 Å². The molecule has 2 atom stereocenters. The molecule has 3 aliphatic heterocycles. The molecule has 0 radical (unpaired) electrons. The summed E-state index contributed by atoms with van der Waals surface area (Å²) < 4.78 is 24.9. The number of fused-ring (bicyclic) bond motifs is 1. The summed E-state index contributed by atoms with van der Waals surface area (Å²) in [6.07, 6.45) is 4.44. The number of rotatable bonds is 7. The zero-order valence-electron chi connectivity index (χ0n) is 22.6. The van der Waals surface area contributed by atoms with E-state index in [9.17, 15) is 13.2 Å². The largest absolute Gasteiger partial charge is 0.372 e. The maximum atomic E-state index is 12.8. The summed E-state index contributed by atoms with van der Waals surface area (Å²) >= 11 is 1.44. The third-order valence-electron chi connectivity index (χ3n) is 8.23. The van der Waals surface area contributed by atoms with Crippen molar-refractivity contribution in [1.29, 1.82) is 0 Å². The Morgan fingerprint density at radius 2 is 1.45 bits per heavy atom. The van der Waals surface area contributed by atoms with Gasteiger partial charge in [-0.1, -0.05) is 72.4 Å². The molecule has 3 aromatic rings. The number of nitrogens with zero attached hydrogens (tertiary/aromatic N) is 3. The first-order chi connectivity index (χ1) is 19.4. The van der Waals surface area contributed by atoms with Gasteiger partial charge in [0.1, 0.15) is 0 Å². The molecular formula is C32H35N3O3S2. The van der Waals surface area contributed by atoms with Crippen LogP contribution in [0.5, 0.6) is 0 Å². The van der Waals surface area contributed by atoms with E-state index in [-0.39, 0.29) is 28.7 Å². The fourth-order valence-electron chi connectivity index (χ4n) is 6.09. The topological polar surface area (TPSA) is 70.0 Å². The average molecular weight is 574 g/mol. The third-order valence-corrected chi connectivity index (χ3v) is 11.4. The Morgan fingerprint density at radius 3 is 2.12 bits per heavy atom. The van der Waals surface area contributed by atoms with Crippen molar-refractivity contribution in [2.24, 2.45) is 10.9 Å². The smallest absolute Gasteiger partial charge is 0.248 e. The van der Waals surface area contributed by atoms with E-state index in [0.29, 0.717) is 23.9 Å². The van der Waals surface area contributed by atoms with Crippen molar-refractivity contribution < 1.29 is 13.2 Å². The van der Waals surface area contributed by atoms with Gasteiger partial charge in [-0.15, -0.1) is 0 Å². The molecule has 0 unspecified atom stereocenters. The Hall–Kier alpha value is -3.10. The molecule has 0 aliphatic carbocycles. The van der Waals surface area contributed by atoms with Crippen molar-refractivity contribution in [3.05, 3.63) is 96.1 Å². The number of amides is 1. The van der Waals surface area contributed by atoms with Crippen LogP contribution < -0.4 is 9.80 Å². The van der Waals surface area contributed by atoms with E-state index in [2.05, 4.69) is 64.5 Å². The highest BCUT2D eigenvalue weighted by molar-refractivity contribution is 8.16. The number of aryl methyl sites for hydroxylation is 1. The molecule has 3 aromatic carbocycles. The summed E-state index contributed by atoms with van der Waals surface area (Å²) in [4.78, 5) is 21.8. The number of carbonyl (C=O) groups excluding carboxylic acids is 1. The maximum absolute atomic E-state index is 12.8. The van der Waals surface area contributed by atoms with Crippen LogP contribution >= 0.6 is 11.8 Å². The van der Waals surface area contributed by atoms with Gasteiger partial charge >= 0.3 is 0 Å².